The van der Waals surface area contributed by atoms with Gasteiger partial charge in [0.2, 0.25) is 5.95 Å². The van der Waals surface area contributed by atoms with Crippen LogP contribution in [-0.4, -0.2) is 59.2 Å². The first kappa shape index (κ1) is 15.7. The number of nitrogens with zero attached hydrogens (tertiary/aromatic N) is 4. The summed E-state index contributed by atoms with van der Waals surface area (Å²) in [4.78, 5) is 24.5. The van der Waals surface area contributed by atoms with Gasteiger partial charge in [0.15, 0.2) is 5.69 Å². The Labute approximate surface area is 139 Å². The summed E-state index contributed by atoms with van der Waals surface area (Å²) < 4.78 is 0. The highest BCUT2D eigenvalue weighted by Gasteiger charge is 2.21. The number of likely N-dealkylation sites (N-methyl/N-ethyl adjacent to an activating group) is 1. The highest BCUT2D eigenvalue weighted by molar-refractivity contribution is 6.33. The molecule has 0 bridgehead atoms. The van der Waals surface area contributed by atoms with Crippen LogP contribution in [0.5, 0.6) is 0 Å². The fourth-order valence-corrected chi connectivity index (χ4v) is 2.81. The van der Waals surface area contributed by atoms with E-state index in [1.54, 1.807) is 30.5 Å². The Hall–Kier alpha value is -2.18. The third kappa shape index (κ3) is 3.28. The van der Waals surface area contributed by atoms with Crippen molar-refractivity contribution in [3.8, 4) is 11.1 Å². The van der Waals surface area contributed by atoms with Gasteiger partial charge in [0, 0.05) is 48.5 Å². The van der Waals surface area contributed by atoms with Gasteiger partial charge >= 0.3 is 5.97 Å². The second-order valence-corrected chi connectivity index (χ2v) is 5.91. The molecule has 1 N–H and O–H groups in total. The number of carbonyl (C=O) groups is 1. The van der Waals surface area contributed by atoms with Gasteiger partial charge in [-0.05, 0) is 13.1 Å². The van der Waals surface area contributed by atoms with Gasteiger partial charge in [0.1, 0.15) is 0 Å². The molecule has 3 rings (SSSR count). The van der Waals surface area contributed by atoms with Crippen molar-refractivity contribution < 1.29 is 9.90 Å². The van der Waals surface area contributed by atoms with Crippen LogP contribution in [0.2, 0.25) is 5.02 Å². The number of halogens is 1. The third-order valence-corrected chi connectivity index (χ3v) is 4.26. The van der Waals surface area contributed by atoms with E-state index in [0.717, 1.165) is 26.2 Å². The fourth-order valence-electron chi connectivity index (χ4n) is 2.57. The summed E-state index contributed by atoms with van der Waals surface area (Å²) in [5.74, 6) is -0.635. The van der Waals surface area contributed by atoms with Crippen molar-refractivity contribution in [1.29, 1.82) is 0 Å². The Morgan fingerprint density at radius 3 is 2.52 bits per heavy atom. The van der Waals surface area contributed by atoms with Crippen LogP contribution < -0.4 is 4.90 Å². The van der Waals surface area contributed by atoms with Crippen molar-refractivity contribution >= 4 is 23.5 Å². The van der Waals surface area contributed by atoms with Gasteiger partial charge in [-0.3, -0.25) is 0 Å². The zero-order chi connectivity index (χ0) is 16.4. The minimum absolute atomic E-state index is 0.0259. The Bertz CT molecular complexity index is 730. The molecule has 0 atom stereocenters. The molecule has 1 aromatic heterocycles. The minimum atomic E-state index is -1.09. The van der Waals surface area contributed by atoms with Gasteiger partial charge in [-0.25, -0.2) is 14.8 Å². The van der Waals surface area contributed by atoms with E-state index >= 15 is 0 Å². The second kappa shape index (κ2) is 6.52. The molecule has 0 radical (unpaired) electrons. The third-order valence-electron chi connectivity index (χ3n) is 3.93. The van der Waals surface area contributed by atoms with Gasteiger partial charge in [-0.2, -0.15) is 0 Å². The van der Waals surface area contributed by atoms with Crippen LogP contribution >= 0.6 is 11.6 Å². The highest BCUT2D eigenvalue weighted by atomic mass is 35.5. The number of hydrogen-bond donors (Lipinski definition) is 1. The lowest BCUT2D eigenvalue weighted by atomic mass is 10.1. The topological polar surface area (TPSA) is 69.6 Å². The predicted molar refractivity (Wildman–Crippen MR) is 89.1 cm³/mol. The quantitative estimate of drug-likeness (QED) is 0.929. The molecule has 7 heteroatoms. The van der Waals surface area contributed by atoms with Crippen LogP contribution in [0.15, 0.2) is 30.5 Å². The molecule has 1 saturated heterocycles. The van der Waals surface area contributed by atoms with Gasteiger partial charge in [-0.1, -0.05) is 29.8 Å². The number of piperazine rings is 1. The molecule has 1 fully saturated rings. The number of benzene rings is 1. The average molecular weight is 333 g/mol. The summed E-state index contributed by atoms with van der Waals surface area (Å²) in [5, 5.41) is 10.0. The van der Waals surface area contributed by atoms with Crippen molar-refractivity contribution in [2.24, 2.45) is 0 Å². The zero-order valence-electron chi connectivity index (χ0n) is 12.7. The number of carboxylic acid groups (broad SMARTS) is 1. The molecule has 0 amide bonds. The molecule has 0 aliphatic carbocycles. The monoisotopic (exact) mass is 332 g/mol. The normalized spacial score (nSPS) is 15.7. The number of carboxylic acids is 1. The molecular formula is C16H17ClN4O2. The fraction of sp³-hybridized carbons (Fsp3) is 0.312. The SMILES string of the molecule is CN1CCN(c2ncc(-c3ccccc3Cl)c(C(=O)O)n2)CC1. The van der Waals surface area contributed by atoms with E-state index in [-0.39, 0.29) is 5.69 Å². The number of aromatic carboxylic acids is 1. The van der Waals surface area contributed by atoms with Crippen LogP contribution in [0.25, 0.3) is 11.1 Å². The molecule has 0 spiro atoms. The van der Waals surface area contributed by atoms with Crippen LogP contribution in [0.1, 0.15) is 10.5 Å². The average Bonchev–Trinajstić information content (AvgIpc) is 2.55. The van der Waals surface area contributed by atoms with Crippen molar-refractivity contribution in [3.05, 3.63) is 41.2 Å². The molecule has 0 unspecified atom stereocenters. The maximum absolute atomic E-state index is 11.6. The zero-order valence-corrected chi connectivity index (χ0v) is 13.5. The molecule has 1 aliphatic rings. The number of rotatable bonds is 3. The summed E-state index contributed by atoms with van der Waals surface area (Å²) in [6, 6.07) is 7.09. The number of anilines is 1. The Balaban J connectivity index is 2.00. The second-order valence-electron chi connectivity index (χ2n) is 5.51. The molecule has 6 nitrogen and oxygen atoms in total. The summed E-state index contributed by atoms with van der Waals surface area (Å²) in [6.07, 6.45) is 1.55. The standard InChI is InChI=1S/C16H17ClN4O2/c1-20-6-8-21(9-7-20)16-18-10-12(14(19-16)15(22)23)11-4-2-3-5-13(11)17/h2-5,10H,6-9H2,1H3,(H,22,23). The molecular weight excluding hydrogens is 316 g/mol. The van der Waals surface area contributed by atoms with Gasteiger partial charge in [0.05, 0.1) is 0 Å². The summed E-state index contributed by atoms with van der Waals surface area (Å²) in [7, 11) is 2.06. The van der Waals surface area contributed by atoms with E-state index in [4.69, 9.17) is 11.6 Å². The van der Waals surface area contributed by atoms with Crippen molar-refractivity contribution in [1.82, 2.24) is 14.9 Å². The molecule has 0 saturated carbocycles. The highest BCUT2D eigenvalue weighted by Crippen LogP contribution is 2.30. The molecule has 1 aromatic carbocycles. The van der Waals surface area contributed by atoms with E-state index in [0.29, 0.717) is 22.1 Å². The molecule has 1 aliphatic heterocycles. The first-order valence-corrected chi connectivity index (χ1v) is 7.73. The first-order chi connectivity index (χ1) is 11.1. The Morgan fingerprint density at radius 1 is 1.17 bits per heavy atom. The van der Waals surface area contributed by atoms with Crippen molar-refractivity contribution in [3.63, 3.8) is 0 Å². The van der Waals surface area contributed by atoms with Crippen LogP contribution in [0, 0.1) is 0 Å². The lowest BCUT2D eigenvalue weighted by Gasteiger charge is -2.32. The van der Waals surface area contributed by atoms with Crippen molar-refractivity contribution in [2.45, 2.75) is 0 Å². The van der Waals surface area contributed by atoms with Crippen LogP contribution in [0.4, 0.5) is 5.95 Å². The van der Waals surface area contributed by atoms with E-state index < -0.39 is 5.97 Å². The van der Waals surface area contributed by atoms with Gasteiger partial charge in [-0.15, -0.1) is 0 Å². The van der Waals surface area contributed by atoms with Gasteiger partial charge in [0.25, 0.3) is 0 Å². The maximum Gasteiger partial charge on any atom is 0.355 e. The maximum atomic E-state index is 11.6. The molecule has 2 heterocycles. The summed E-state index contributed by atoms with van der Waals surface area (Å²) >= 11 is 6.18. The summed E-state index contributed by atoms with van der Waals surface area (Å²) in [5.41, 5.74) is 1.03. The van der Waals surface area contributed by atoms with Crippen LogP contribution in [0.3, 0.4) is 0 Å². The predicted octanol–water partition coefficient (Wildman–Crippen LogP) is 2.25. The molecule has 23 heavy (non-hydrogen) atoms. The Kier molecular flexibility index (Phi) is 4.45. The van der Waals surface area contributed by atoms with E-state index in [1.807, 2.05) is 4.90 Å². The number of hydrogen-bond acceptors (Lipinski definition) is 5. The Morgan fingerprint density at radius 2 is 1.87 bits per heavy atom. The lowest BCUT2D eigenvalue weighted by Crippen LogP contribution is -2.45. The lowest BCUT2D eigenvalue weighted by molar-refractivity contribution is 0.0691. The van der Waals surface area contributed by atoms with Gasteiger partial charge < -0.3 is 14.9 Å². The first-order valence-electron chi connectivity index (χ1n) is 7.35. The van der Waals surface area contributed by atoms with E-state index in [9.17, 15) is 9.90 Å². The number of aromatic nitrogens is 2. The minimum Gasteiger partial charge on any atom is -0.476 e. The molecule has 120 valence electrons. The van der Waals surface area contributed by atoms with E-state index in [1.165, 1.54) is 0 Å². The van der Waals surface area contributed by atoms with E-state index in [2.05, 4.69) is 21.9 Å². The van der Waals surface area contributed by atoms with Crippen LogP contribution in [-0.2, 0) is 0 Å². The molecule has 2 aromatic rings. The summed E-state index contributed by atoms with van der Waals surface area (Å²) in [6.45, 7) is 3.36. The smallest absolute Gasteiger partial charge is 0.355 e. The largest absolute Gasteiger partial charge is 0.476 e. The van der Waals surface area contributed by atoms with Crippen molar-refractivity contribution in [2.75, 3.05) is 38.1 Å².